The van der Waals surface area contributed by atoms with Gasteiger partial charge in [-0.1, -0.05) is 28.1 Å². The lowest BCUT2D eigenvalue weighted by Crippen LogP contribution is -2.08. The summed E-state index contributed by atoms with van der Waals surface area (Å²) in [5.41, 5.74) is 3.01. The smallest absolute Gasteiger partial charge is 0.0212 e. The van der Waals surface area contributed by atoms with Crippen molar-refractivity contribution in [3.8, 4) is 0 Å². The maximum Gasteiger partial charge on any atom is 0.0212 e. The van der Waals surface area contributed by atoms with Crippen LogP contribution in [-0.2, 0) is 0 Å². The summed E-state index contributed by atoms with van der Waals surface area (Å²) < 4.78 is 1.33. The Hall–Kier alpha value is -0.340. The first-order chi connectivity index (χ1) is 7.34. The topological polar surface area (TPSA) is 12.0 Å². The second kappa shape index (κ2) is 3.91. The van der Waals surface area contributed by atoms with E-state index in [-0.39, 0.29) is 0 Å². The Morgan fingerprint density at radius 1 is 1.13 bits per heavy atom. The highest BCUT2D eigenvalue weighted by molar-refractivity contribution is 9.10. The van der Waals surface area contributed by atoms with Crippen LogP contribution in [0.1, 0.15) is 42.2 Å². The largest absolute Gasteiger partial charge is 0.316 e. The number of halogens is 1. The molecule has 1 aromatic carbocycles. The van der Waals surface area contributed by atoms with Crippen LogP contribution in [0.15, 0.2) is 22.7 Å². The van der Waals surface area contributed by atoms with E-state index in [1.54, 1.807) is 0 Å². The van der Waals surface area contributed by atoms with Crippen LogP contribution in [0.2, 0.25) is 0 Å². The van der Waals surface area contributed by atoms with Gasteiger partial charge < -0.3 is 5.32 Å². The predicted octanol–water partition coefficient (Wildman–Crippen LogP) is 3.40. The van der Waals surface area contributed by atoms with Crippen molar-refractivity contribution < 1.29 is 0 Å². The maximum atomic E-state index is 3.71. The first-order valence-corrected chi connectivity index (χ1v) is 6.64. The van der Waals surface area contributed by atoms with Gasteiger partial charge in [-0.2, -0.15) is 0 Å². The van der Waals surface area contributed by atoms with E-state index in [2.05, 4.69) is 39.4 Å². The van der Waals surface area contributed by atoms with Crippen LogP contribution < -0.4 is 5.32 Å². The molecule has 1 saturated heterocycles. The Bertz CT molecular complexity index is 365. The average molecular weight is 266 g/mol. The molecule has 0 radical (unpaired) electrons. The van der Waals surface area contributed by atoms with Gasteiger partial charge in [-0.3, -0.25) is 0 Å². The summed E-state index contributed by atoms with van der Waals surface area (Å²) in [5.74, 6) is 1.57. The van der Waals surface area contributed by atoms with E-state index in [9.17, 15) is 0 Å². The lowest BCUT2D eigenvalue weighted by atomic mass is 9.96. The molecule has 1 heterocycles. The third-order valence-corrected chi connectivity index (χ3v) is 4.26. The SMILES string of the molecule is Brc1cc(C2CCNC2)ccc1C1CC1. The zero-order valence-electron chi connectivity index (χ0n) is 8.80. The van der Waals surface area contributed by atoms with Gasteiger partial charge >= 0.3 is 0 Å². The Kier molecular flexibility index (Phi) is 2.57. The van der Waals surface area contributed by atoms with Gasteiger partial charge in [0.1, 0.15) is 0 Å². The normalized spacial score (nSPS) is 25.8. The molecule has 2 aliphatic rings. The molecule has 1 aromatic rings. The van der Waals surface area contributed by atoms with E-state index in [0.717, 1.165) is 18.4 Å². The first-order valence-electron chi connectivity index (χ1n) is 5.84. The van der Waals surface area contributed by atoms with Gasteiger partial charge in [0.15, 0.2) is 0 Å². The van der Waals surface area contributed by atoms with Crippen molar-refractivity contribution in [2.24, 2.45) is 0 Å². The lowest BCUT2D eigenvalue weighted by molar-refractivity contribution is 0.762. The molecular formula is C13H16BrN. The van der Waals surface area contributed by atoms with E-state index >= 15 is 0 Å². The molecule has 1 atom stereocenters. The highest BCUT2D eigenvalue weighted by atomic mass is 79.9. The molecule has 1 nitrogen and oxygen atoms in total. The summed E-state index contributed by atoms with van der Waals surface area (Å²) in [6, 6.07) is 7.00. The minimum Gasteiger partial charge on any atom is -0.316 e. The van der Waals surface area contributed by atoms with Crippen molar-refractivity contribution in [1.82, 2.24) is 5.32 Å². The molecule has 1 N–H and O–H groups in total. The zero-order chi connectivity index (χ0) is 10.3. The monoisotopic (exact) mass is 265 g/mol. The van der Waals surface area contributed by atoms with Crippen LogP contribution in [0.3, 0.4) is 0 Å². The highest BCUT2D eigenvalue weighted by Crippen LogP contribution is 2.44. The maximum absolute atomic E-state index is 3.71. The van der Waals surface area contributed by atoms with E-state index < -0.39 is 0 Å². The molecule has 80 valence electrons. The predicted molar refractivity (Wildman–Crippen MR) is 66.3 cm³/mol. The van der Waals surface area contributed by atoms with Crippen molar-refractivity contribution in [3.63, 3.8) is 0 Å². The minimum atomic E-state index is 0.731. The molecule has 15 heavy (non-hydrogen) atoms. The van der Waals surface area contributed by atoms with Gasteiger partial charge in [0.05, 0.1) is 0 Å². The van der Waals surface area contributed by atoms with Gasteiger partial charge in [-0.15, -0.1) is 0 Å². The zero-order valence-corrected chi connectivity index (χ0v) is 10.4. The Morgan fingerprint density at radius 2 is 2.00 bits per heavy atom. The fraction of sp³-hybridized carbons (Fsp3) is 0.538. The summed E-state index contributed by atoms with van der Waals surface area (Å²) in [6.07, 6.45) is 4.04. The third-order valence-electron chi connectivity index (χ3n) is 3.57. The van der Waals surface area contributed by atoms with Crippen molar-refractivity contribution in [2.45, 2.75) is 31.1 Å². The molecule has 2 heteroatoms. The molecular weight excluding hydrogens is 250 g/mol. The van der Waals surface area contributed by atoms with Crippen LogP contribution in [0.25, 0.3) is 0 Å². The van der Waals surface area contributed by atoms with Gasteiger partial charge in [0, 0.05) is 11.0 Å². The van der Waals surface area contributed by atoms with E-state index in [1.807, 2.05) is 0 Å². The van der Waals surface area contributed by atoms with E-state index in [0.29, 0.717) is 0 Å². The number of hydrogen-bond donors (Lipinski definition) is 1. The standard InChI is InChI=1S/C13H16BrN/c14-13-7-10(11-5-6-15-8-11)3-4-12(13)9-1-2-9/h3-4,7,9,11,15H,1-2,5-6,8H2. The lowest BCUT2D eigenvalue weighted by Gasteiger charge is -2.11. The van der Waals surface area contributed by atoms with Crippen molar-refractivity contribution in [3.05, 3.63) is 33.8 Å². The number of rotatable bonds is 2. The molecule has 0 spiro atoms. The summed E-state index contributed by atoms with van der Waals surface area (Å²) in [4.78, 5) is 0. The Labute approximate surface area is 99.4 Å². The molecule has 3 rings (SSSR count). The van der Waals surface area contributed by atoms with Gasteiger partial charge in [-0.05, 0) is 54.8 Å². The number of nitrogens with one attached hydrogen (secondary N) is 1. The quantitative estimate of drug-likeness (QED) is 0.865. The fourth-order valence-corrected chi connectivity index (χ4v) is 3.18. The Balaban J connectivity index is 1.87. The highest BCUT2D eigenvalue weighted by Gasteiger charge is 2.26. The Morgan fingerprint density at radius 3 is 2.60 bits per heavy atom. The second-order valence-electron chi connectivity index (χ2n) is 4.74. The van der Waals surface area contributed by atoms with Crippen LogP contribution in [0, 0.1) is 0 Å². The third kappa shape index (κ3) is 1.98. The number of hydrogen-bond acceptors (Lipinski definition) is 1. The van der Waals surface area contributed by atoms with Gasteiger partial charge in [0.2, 0.25) is 0 Å². The number of benzene rings is 1. The van der Waals surface area contributed by atoms with Crippen molar-refractivity contribution >= 4 is 15.9 Å². The fourth-order valence-electron chi connectivity index (χ4n) is 2.46. The summed E-state index contributed by atoms with van der Waals surface area (Å²) in [7, 11) is 0. The van der Waals surface area contributed by atoms with E-state index in [1.165, 1.54) is 41.4 Å². The second-order valence-corrected chi connectivity index (χ2v) is 5.60. The molecule has 1 unspecified atom stereocenters. The summed E-state index contributed by atoms with van der Waals surface area (Å²) in [5, 5.41) is 3.42. The summed E-state index contributed by atoms with van der Waals surface area (Å²) in [6.45, 7) is 2.32. The van der Waals surface area contributed by atoms with Crippen LogP contribution in [0.5, 0.6) is 0 Å². The van der Waals surface area contributed by atoms with Crippen molar-refractivity contribution in [1.29, 1.82) is 0 Å². The molecule has 0 aromatic heterocycles. The van der Waals surface area contributed by atoms with E-state index in [4.69, 9.17) is 0 Å². The van der Waals surface area contributed by atoms with Crippen LogP contribution >= 0.6 is 15.9 Å². The van der Waals surface area contributed by atoms with Crippen LogP contribution in [-0.4, -0.2) is 13.1 Å². The molecule has 1 saturated carbocycles. The molecule has 0 amide bonds. The van der Waals surface area contributed by atoms with Crippen LogP contribution in [0.4, 0.5) is 0 Å². The molecule has 0 bridgehead atoms. The average Bonchev–Trinajstić information content (AvgIpc) is 2.93. The van der Waals surface area contributed by atoms with Gasteiger partial charge in [0.25, 0.3) is 0 Å². The molecule has 2 fully saturated rings. The molecule has 1 aliphatic heterocycles. The van der Waals surface area contributed by atoms with Crippen molar-refractivity contribution in [2.75, 3.05) is 13.1 Å². The minimum absolute atomic E-state index is 0.731. The first kappa shape index (κ1) is 9.86. The summed E-state index contributed by atoms with van der Waals surface area (Å²) >= 11 is 3.71. The molecule has 1 aliphatic carbocycles. The van der Waals surface area contributed by atoms with Gasteiger partial charge in [-0.25, -0.2) is 0 Å².